The fourth-order valence-electron chi connectivity index (χ4n) is 2.75. The quantitative estimate of drug-likeness (QED) is 0.456. The number of hydrogen-bond donors (Lipinski definition) is 1. The van der Waals surface area contributed by atoms with Crippen molar-refractivity contribution in [3.63, 3.8) is 0 Å². The first-order valence-electron chi connectivity index (χ1n) is 8.68. The van der Waals surface area contributed by atoms with E-state index in [-0.39, 0.29) is 22.9 Å². The van der Waals surface area contributed by atoms with Crippen LogP contribution in [0.1, 0.15) is 34.0 Å². The predicted molar refractivity (Wildman–Crippen MR) is 101 cm³/mol. The molecule has 0 unspecified atom stereocenters. The number of Topliss-reactive ketones (excluding diaryl/α,β-unsaturated/α-hetero) is 1. The Bertz CT molecular complexity index is 1060. The summed E-state index contributed by atoms with van der Waals surface area (Å²) in [5.74, 6) is -0.286. The Labute approximate surface area is 164 Å². The maximum atomic E-state index is 13.3. The van der Waals surface area contributed by atoms with E-state index in [0.29, 0.717) is 17.9 Å². The first-order valence-corrected chi connectivity index (χ1v) is 8.68. The number of anilines is 1. The average Bonchev–Trinajstić information content (AvgIpc) is 2.66. The molecule has 29 heavy (non-hydrogen) atoms. The van der Waals surface area contributed by atoms with E-state index in [1.807, 2.05) is 0 Å². The predicted octanol–water partition coefficient (Wildman–Crippen LogP) is 5.42. The van der Waals surface area contributed by atoms with Crippen LogP contribution in [0.2, 0.25) is 0 Å². The number of carbonyl (C=O) groups excluding carboxylic acids is 1. The van der Waals surface area contributed by atoms with Crippen molar-refractivity contribution >= 4 is 11.6 Å². The highest BCUT2D eigenvalue weighted by molar-refractivity contribution is 5.95. The largest absolute Gasteiger partial charge is 0.417 e. The summed E-state index contributed by atoms with van der Waals surface area (Å²) in [5, 5.41) is 3.04. The monoisotopic (exact) mass is 403 g/mol. The maximum absolute atomic E-state index is 13.3. The number of nitrogens with one attached hydrogen (secondary N) is 1. The lowest BCUT2D eigenvalue weighted by Crippen LogP contribution is -2.07. The molecule has 0 saturated heterocycles. The minimum atomic E-state index is -4.54. The second-order valence-electron chi connectivity index (χ2n) is 6.57. The molecule has 4 nitrogen and oxygen atoms in total. The van der Waals surface area contributed by atoms with Crippen molar-refractivity contribution in [2.75, 3.05) is 5.32 Å². The minimum absolute atomic E-state index is 0.143. The van der Waals surface area contributed by atoms with E-state index in [1.54, 1.807) is 13.0 Å². The van der Waals surface area contributed by atoms with Crippen molar-refractivity contribution in [2.24, 2.45) is 0 Å². The molecule has 3 rings (SSSR count). The summed E-state index contributed by atoms with van der Waals surface area (Å²) in [6, 6.07) is 8.25. The Kier molecular flexibility index (Phi) is 5.63. The van der Waals surface area contributed by atoms with Crippen molar-refractivity contribution in [3.05, 3.63) is 76.9 Å². The lowest BCUT2D eigenvalue weighted by Gasteiger charge is -2.12. The van der Waals surface area contributed by atoms with E-state index in [4.69, 9.17) is 0 Å². The number of hydrogen-bond acceptors (Lipinski definition) is 4. The minimum Gasteiger partial charge on any atom is -0.366 e. The van der Waals surface area contributed by atoms with E-state index < -0.39 is 11.7 Å². The Hall–Kier alpha value is -3.29. The number of aryl methyl sites for hydroxylation is 1. The van der Waals surface area contributed by atoms with Crippen LogP contribution in [0.4, 0.5) is 23.4 Å². The van der Waals surface area contributed by atoms with Crippen molar-refractivity contribution in [2.45, 2.75) is 26.6 Å². The standard InChI is InChI=1S/C21H17F4N3O/c1-12-5-18(22)4-3-14(12)10-27-20-8-15(13(2)29)7-19(28-20)16-6-17(11-26-9-16)21(23,24)25/h3-9,11H,10H2,1-2H3,(H,27,28). The third-order valence-corrected chi connectivity index (χ3v) is 4.36. The molecule has 0 saturated carbocycles. The van der Waals surface area contributed by atoms with E-state index in [9.17, 15) is 22.4 Å². The van der Waals surface area contributed by atoms with Crippen LogP contribution in [0.5, 0.6) is 0 Å². The summed E-state index contributed by atoms with van der Waals surface area (Å²) >= 11 is 0. The van der Waals surface area contributed by atoms with Crippen LogP contribution in [-0.4, -0.2) is 15.8 Å². The third-order valence-electron chi connectivity index (χ3n) is 4.36. The highest BCUT2D eigenvalue weighted by Gasteiger charge is 2.31. The van der Waals surface area contributed by atoms with Crippen LogP contribution < -0.4 is 5.32 Å². The van der Waals surface area contributed by atoms with Gasteiger partial charge in [0.05, 0.1) is 11.3 Å². The lowest BCUT2D eigenvalue weighted by molar-refractivity contribution is -0.137. The second-order valence-corrected chi connectivity index (χ2v) is 6.57. The average molecular weight is 403 g/mol. The van der Waals surface area contributed by atoms with Crippen molar-refractivity contribution in [1.82, 2.24) is 9.97 Å². The highest BCUT2D eigenvalue weighted by atomic mass is 19.4. The first-order chi connectivity index (χ1) is 13.6. The molecule has 2 heterocycles. The zero-order valence-corrected chi connectivity index (χ0v) is 15.6. The second kappa shape index (κ2) is 7.98. The van der Waals surface area contributed by atoms with Gasteiger partial charge in [-0.25, -0.2) is 9.37 Å². The molecule has 0 atom stereocenters. The summed E-state index contributed by atoms with van der Waals surface area (Å²) in [4.78, 5) is 19.9. The topological polar surface area (TPSA) is 54.9 Å². The summed E-state index contributed by atoms with van der Waals surface area (Å²) in [6.07, 6.45) is -2.55. The van der Waals surface area contributed by atoms with Crippen LogP contribution in [0.15, 0.2) is 48.8 Å². The van der Waals surface area contributed by atoms with Gasteiger partial charge in [0.25, 0.3) is 0 Å². The fraction of sp³-hybridized carbons (Fsp3) is 0.190. The molecule has 2 aromatic heterocycles. The van der Waals surface area contributed by atoms with Crippen LogP contribution in [0.25, 0.3) is 11.3 Å². The molecule has 3 aromatic rings. The van der Waals surface area contributed by atoms with Gasteiger partial charge in [0.1, 0.15) is 11.6 Å². The number of benzene rings is 1. The molecule has 150 valence electrons. The van der Waals surface area contributed by atoms with E-state index >= 15 is 0 Å². The molecule has 0 spiro atoms. The smallest absolute Gasteiger partial charge is 0.366 e. The number of halogens is 4. The van der Waals surface area contributed by atoms with Gasteiger partial charge in [-0.2, -0.15) is 13.2 Å². The Morgan fingerprint density at radius 1 is 1.10 bits per heavy atom. The molecule has 0 radical (unpaired) electrons. The number of ketones is 1. The normalized spacial score (nSPS) is 11.4. The zero-order valence-electron chi connectivity index (χ0n) is 15.6. The van der Waals surface area contributed by atoms with E-state index in [1.165, 1.54) is 37.4 Å². The van der Waals surface area contributed by atoms with E-state index in [0.717, 1.165) is 23.4 Å². The molecule has 0 fully saturated rings. The van der Waals surface area contributed by atoms with Crippen molar-refractivity contribution in [3.8, 4) is 11.3 Å². The summed E-state index contributed by atoms with van der Waals surface area (Å²) in [6.45, 7) is 3.43. The third kappa shape index (κ3) is 4.96. The number of nitrogens with zero attached hydrogens (tertiary/aromatic N) is 2. The summed E-state index contributed by atoms with van der Waals surface area (Å²) in [5.41, 5.74) is 1.29. The fourth-order valence-corrected chi connectivity index (χ4v) is 2.75. The number of pyridine rings is 2. The van der Waals surface area contributed by atoms with Crippen LogP contribution >= 0.6 is 0 Å². The van der Waals surface area contributed by atoms with Gasteiger partial charge in [0.15, 0.2) is 5.78 Å². The number of carbonyl (C=O) groups is 1. The van der Waals surface area contributed by atoms with Gasteiger partial charge in [0.2, 0.25) is 0 Å². The first kappa shape index (κ1) is 20.4. The van der Waals surface area contributed by atoms with Gasteiger partial charge in [0, 0.05) is 30.1 Å². The lowest BCUT2D eigenvalue weighted by atomic mass is 10.1. The van der Waals surface area contributed by atoms with Gasteiger partial charge >= 0.3 is 6.18 Å². The molecular weight excluding hydrogens is 386 g/mol. The number of rotatable bonds is 5. The molecule has 0 bridgehead atoms. The van der Waals surface area contributed by atoms with Crippen molar-refractivity contribution in [1.29, 1.82) is 0 Å². The summed E-state index contributed by atoms with van der Waals surface area (Å²) in [7, 11) is 0. The molecule has 0 amide bonds. The van der Waals surface area contributed by atoms with Crippen LogP contribution in [0.3, 0.4) is 0 Å². The zero-order chi connectivity index (χ0) is 21.2. The van der Waals surface area contributed by atoms with Gasteiger partial charge in [-0.3, -0.25) is 9.78 Å². The summed E-state index contributed by atoms with van der Waals surface area (Å²) < 4.78 is 52.2. The number of aromatic nitrogens is 2. The molecular formula is C21H17F4N3O. The number of alkyl halides is 3. The van der Waals surface area contributed by atoms with Gasteiger partial charge < -0.3 is 5.32 Å². The highest BCUT2D eigenvalue weighted by Crippen LogP contribution is 2.31. The Morgan fingerprint density at radius 3 is 2.52 bits per heavy atom. The maximum Gasteiger partial charge on any atom is 0.417 e. The van der Waals surface area contributed by atoms with Crippen LogP contribution in [-0.2, 0) is 12.7 Å². The Morgan fingerprint density at radius 2 is 1.86 bits per heavy atom. The molecule has 0 aliphatic rings. The molecule has 0 aliphatic heterocycles. The van der Waals surface area contributed by atoms with Gasteiger partial charge in [-0.05, 0) is 55.3 Å². The molecule has 0 aliphatic carbocycles. The molecule has 8 heteroatoms. The van der Waals surface area contributed by atoms with Crippen LogP contribution in [0, 0.1) is 12.7 Å². The Balaban J connectivity index is 1.95. The van der Waals surface area contributed by atoms with E-state index in [2.05, 4.69) is 15.3 Å². The molecule has 1 aromatic carbocycles. The van der Waals surface area contributed by atoms with Gasteiger partial charge in [-0.15, -0.1) is 0 Å². The molecule has 1 N–H and O–H groups in total. The van der Waals surface area contributed by atoms with Crippen molar-refractivity contribution < 1.29 is 22.4 Å². The van der Waals surface area contributed by atoms with Gasteiger partial charge in [-0.1, -0.05) is 6.07 Å². The SMILES string of the molecule is CC(=O)c1cc(NCc2ccc(F)cc2C)nc(-c2cncc(C(F)(F)F)c2)c1.